The fourth-order valence-corrected chi connectivity index (χ4v) is 6.10. The summed E-state index contributed by atoms with van der Waals surface area (Å²) in [7, 11) is 0. The summed E-state index contributed by atoms with van der Waals surface area (Å²) in [6.07, 6.45) is 9.28. The highest BCUT2D eigenvalue weighted by Crippen LogP contribution is 2.35. The number of likely N-dealkylation sites (tertiary alicyclic amines) is 1. The molecular formula is C32H42N4O3. The number of benzene rings is 1. The summed E-state index contributed by atoms with van der Waals surface area (Å²) in [5, 5.41) is 0.941. The molecule has 5 rings (SSSR count). The zero-order valence-corrected chi connectivity index (χ0v) is 24.1. The second kappa shape index (κ2) is 11.1. The van der Waals surface area contributed by atoms with Crippen molar-refractivity contribution in [2.45, 2.75) is 97.1 Å². The second-order valence-electron chi connectivity index (χ2n) is 12.5. The number of nitrogens with zero attached hydrogens (tertiary/aromatic N) is 4. The second-order valence-corrected chi connectivity index (χ2v) is 12.5. The van der Waals surface area contributed by atoms with Crippen molar-refractivity contribution in [1.82, 2.24) is 19.4 Å². The van der Waals surface area contributed by atoms with Gasteiger partial charge in [0.25, 0.3) is 0 Å². The Morgan fingerprint density at radius 3 is 2.33 bits per heavy atom. The molecule has 1 aromatic carbocycles. The molecule has 0 radical (unpaired) electrons. The molecule has 1 saturated carbocycles. The van der Waals surface area contributed by atoms with Gasteiger partial charge in [-0.3, -0.25) is 4.79 Å². The molecule has 2 aromatic heterocycles. The normalized spacial score (nSPS) is 18.0. The molecule has 7 nitrogen and oxygen atoms in total. The minimum atomic E-state index is -0.457. The van der Waals surface area contributed by atoms with Crippen molar-refractivity contribution in [1.29, 1.82) is 0 Å². The van der Waals surface area contributed by atoms with Gasteiger partial charge in [0.05, 0.1) is 5.69 Å². The molecule has 1 saturated heterocycles. The van der Waals surface area contributed by atoms with Crippen LogP contribution in [0.5, 0.6) is 0 Å². The monoisotopic (exact) mass is 530 g/mol. The van der Waals surface area contributed by atoms with E-state index >= 15 is 0 Å². The molecule has 2 fully saturated rings. The summed E-state index contributed by atoms with van der Waals surface area (Å²) >= 11 is 0. The van der Waals surface area contributed by atoms with Crippen molar-refractivity contribution in [3.63, 3.8) is 0 Å². The number of hydrogen-bond donors (Lipinski definition) is 0. The van der Waals surface area contributed by atoms with Gasteiger partial charge in [-0.25, -0.2) is 14.8 Å². The first-order valence-electron chi connectivity index (χ1n) is 14.5. The van der Waals surface area contributed by atoms with Crippen LogP contribution in [0.2, 0.25) is 0 Å². The van der Waals surface area contributed by atoms with Crippen molar-refractivity contribution in [3.05, 3.63) is 59.2 Å². The van der Waals surface area contributed by atoms with Crippen LogP contribution in [0.15, 0.2) is 36.5 Å². The van der Waals surface area contributed by atoms with Crippen LogP contribution >= 0.6 is 0 Å². The zero-order valence-electron chi connectivity index (χ0n) is 24.1. The van der Waals surface area contributed by atoms with Gasteiger partial charge >= 0.3 is 6.09 Å². The van der Waals surface area contributed by atoms with Crippen LogP contribution in [0, 0.1) is 5.92 Å². The number of fused-ring (bicyclic) bond motifs is 1. The van der Waals surface area contributed by atoms with Gasteiger partial charge in [0.15, 0.2) is 5.78 Å². The number of carbonyl (C=O) groups excluding carboxylic acids is 2. The number of aromatic nitrogens is 3. The van der Waals surface area contributed by atoms with Crippen molar-refractivity contribution in [3.8, 4) is 0 Å². The van der Waals surface area contributed by atoms with Gasteiger partial charge in [0.2, 0.25) is 0 Å². The van der Waals surface area contributed by atoms with Crippen LogP contribution in [0.3, 0.4) is 0 Å². The molecule has 1 atom stereocenters. The molecule has 3 heterocycles. The molecule has 39 heavy (non-hydrogen) atoms. The predicted molar refractivity (Wildman–Crippen MR) is 153 cm³/mol. The lowest BCUT2D eigenvalue weighted by molar-refractivity contribution is 0.0184. The maximum atomic E-state index is 12.4. The Bertz CT molecular complexity index is 1320. The first-order chi connectivity index (χ1) is 18.6. The number of rotatable bonds is 6. The van der Waals surface area contributed by atoms with Gasteiger partial charge in [0, 0.05) is 43.6 Å². The Morgan fingerprint density at radius 1 is 1.05 bits per heavy atom. The third-order valence-electron chi connectivity index (χ3n) is 8.30. The van der Waals surface area contributed by atoms with E-state index in [0.29, 0.717) is 12.0 Å². The van der Waals surface area contributed by atoms with Gasteiger partial charge < -0.3 is 14.2 Å². The van der Waals surface area contributed by atoms with E-state index in [1.54, 1.807) is 6.92 Å². The predicted octanol–water partition coefficient (Wildman–Crippen LogP) is 7.09. The van der Waals surface area contributed by atoms with Crippen LogP contribution in [0.4, 0.5) is 4.79 Å². The summed E-state index contributed by atoms with van der Waals surface area (Å²) < 4.78 is 7.71. The van der Waals surface area contributed by atoms with E-state index in [0.717, 1.165) is 67.7 Å². The quantitative estimate of drug-likeness (QED) is 0.318. The maximum Gasteiger partial charge on any atom is 0.410 e. The smallest absolute Gasteiger partial charge is 0.410 e. The summed E-state index contributed by atoms with van der Waals surface area (Å²) in [6.45, 7) is 11.0. The largest absolute Gasteiger partial charge is 0.444 e. The van der Waals surface area contributed by atoms with E-state index < -0.39 is 5.60 Å². The van der Waals surface area contributed by atoms with Gasteiger partial charge in [-0.1, -0.05) is 44.0 Å². The van der Waals surface area contributed by atoms with Crippen LogP contribution < -0.4 is 0 Å². The number of amides is 1. The summed E-state index contributed by atoms with van der Waals surface area (Å²) in [5.41, 5.74) is 3.68. The molecule has 1 aliphatic heterocycles. The number of ether oxygens (including phenoxy) is 1. The molecule has 208 valence electrons. The Morgan fingerprint density at radius 2 is 1.72 bits per heavy atom. The summed E-state index contributed by atoms with van der Waals surface area (Å²) in [4.78, 5) is 36.3. The van der Waals surface area contributed by atoms with E-state index in [2.05, 4.69) is 35.8 Å². The standard InChI is InChI=1S/C32H42N4O3/c1-21(29-33-20-26-19-28(22(2)37)36(30(26)34-29)27-8-6-7-9-27)25-12-10-23(11-13-25)18-24-14-16-35(17-15-24)31(38)39-32(3,4)5/h10-13,19-21,24,27H,6-9,14-18H2,1-5H3. The number of Topliss-reactive ketones (excluding diaryl/α,β-unsaturated/α-hetero) is 1. The number of hydrogen-bond acceptors (Lipinski definition) is 5. The first kappa shape index (κ1) is 27.4. The van der Waals surface area contributed by atoms with Gasteiger partial charge in [-0.15, -0.1) is 0 Å². The van der Waals surface area contributed by atoms with E-state index in [-0.39, 0.29) is 17.8 Å². The lowest BCUT2D eigenvalue weighted by Crippen LogP contribution is -2.42. The van der Waals surface area contributed by atoms with E-state index in [1.807, 2.05) is 37.9 Å². The fourth-order valence-electron chi connectivity index (χ4n) is 6.10. The van der Waals surface area contributed by atoms with E-state index in [9.17, 15) is 9.59 Å². The van der Waals surface area contributed by atoms with Gasteiger partial charge in [-0.05, 0) is 76.0 Å². The molecule has 2 aliphatic rings. The SMILES string of the molecule is CC(=O)c1cc2cnc(C(C)c3ccc(CC4CCN(C(=O)OC(C)(C)C)CC4)cc3)nc2n1C1CCCC1. The third-order valence-corrected chi connectivity index (χ3v) is 8.30. The molecule has 7 heteroatoms. The van der Waals surface area contributed by atoms with Gasteiger partial charge in [-0.2, -0.15) is 0 Å². The molecule has 3 aromatic rings. The average molecular weight is 531 g/mol. The van der Waals surface area contributed by atoms with Gasteiger partial charge in [0.1, 0.15) is 17.1 Å². The highest BCUT2D eigenvalue weighted by atomic mass is 16.6. The lowest BCUT2D eigenvalue weighted by Gasteiger charge is -2.33. The Labute approximate surface area is 232 Å². The number of ketones is 1. The lowest BCUT2D eigenvalue weighted by atomic mass is 9.89. The number of carbonyl (C=O) groups is 2. The first-order valence-corrected chi connectivity index (χ1v) is 14.5. The Hall–Kier alpha value is -3.22. The van der Waals surface area contributed by atoms with E-state index in [1.165, 1.54) is 24.0 Å². The fraction of sp³-hybridized carbons (Fsp3) is 0.562. The highest BCUT2D eigenvalue weighted by molar-refractivity contribution is 5.97. The van der Waals surface area contributed by atoms with Crippen LogP contribution in [0.25, 0.3) is 11.0 Å². The number of piperidine rings is 1. The molecule has 1 amide bonds. The van der Waals surface area contributed by atoms with Crippen LogP contribution in [-0.2, 0) is 11.2 Å². The van der Waals surface area contributed by atoms with Crippen molar-refractivity contribution >= 4 is 22.9 Å². The van der Waals surface area contributed by atoms with Crippen molar-refractivity contribution in [2.24, 2.45) is 5.92 Å². The molecule has 0 N–H and O–H groups in total. The highest BCUT2D eigenvalue weighted by Gasteiger charge is 2.28. The Kier molecular flexibility index (Phi) is 7.79. The minimum Gasteiger partial charge on any atom is -0.444 e. The summed E-state index contributed by atoms with van der Waals surface area (Å²) in [6, 6.07) is 11.1. The molecule has 0 bridgehead atoms. The molecule has 1 aliphatic carbocycles. The molecular weight excluding hydrogens is 488 g/mol. The van der Waals surface area contributed by atoms with E-state index in [4.69, 9.17) is 14.7 Å². The van der Waals surface area contributed by atoms with Crippen LogP contribution in [-0.4, -0.2) is 50.0 Å². The van der Waals surface area contributed by atoms with Crippen molar-refractivity contribution in [2.75, 3.05) is 13.1 Å². The summed E-state index contributed by atoms with van der Waals surface area (Å²) in [5.74, 6) is 1.49. The Balaban J connectivity index is 1.25. The minimum absolute atomic E-state index is 0.0493. The van der Waals surface area contributed by atoms with Crippen LogP contribution in [0.1, 0.15) is 113 Å². The molecule has 1 unspecified atom stereocenters. The zero-order chi connectivity index (χ0) is 27.7. The third kappa shape index (κ3) is 6.18. The topological polar surface area (TPSA) is 77.3 Å². The maximum absolute atomic E-state index is 12.4. The van der Waals surface area contributed by atoms with Crippen molar-refractivity contribution < 1.29 is 14.3 Å². The average Bonchev–Trinajstić information content (AvgIpc) is 3.55. The molecule has 0 spiro atoms.